The van der Waals surface area contributed by atoms with Crippen molar-refractivity contribution in [1.29, 1.82) is 0 Å². The van der Waals surface area contributed by atoms with Gasteiger partial charge in [0.25, 0.3) is 0 Å². The van der Waals surface area contributed by atoms with Gasteiger partial charge in [-0.25, -0.2) is 0 Å². The number of nitrogens with one attached hydrogen (secondary N) is 1. The van der Waals surface area contributed by atoms with Crippen molar-refractivity contribution in [2.45, 2.75) is 13.0 Å². The van der Waals surface area contributed by atoms with E-state index in [2.05, 4.69) is 5.32 Å². The summed E-state index contributed by atoms with van der Waals surface area (Å²) in [4.78, 5) is 11.8. The second kappa shape index (κ2) is 5.91. The average molecular weight is 256 g/mol. The number of carbonyl (C=O) groups is 1. The molecule has 0 fully saturated rings. The zero-order valence-electron chi connectivity index (χ0n) is 10.5. The first-order valence-electron chi connectivity index (χ1n) is 6.03. The standard InChI is InChI=1S/C15H16N2O2/c16-13-6-7-14(18)12(9-13)10-17-15(19)8-11-4-2-1-3-5-11/h1-7,9,18H,8,10,16H2,(H,17,19). The molecule has 0 atom stereocenters. The van der Waals surface area contributed by atoms with Gasteiger partial charge in [0, 0.05) is 17.8 Å². The lowest BCUT2D eigenvalue weighted by molar-refractivity contribution is -0.120. The normalized spacial score (nSPS) is 10.1. The van der Waals surface area contributed by atoms with Gasteiger partial charge >= 0.3 is 0 Å². The lowest BCUT2D eigenvalue weighted by Crippen LogP contribution is -2.24. The van der Waals surface area contributed by atoms with E-state index in [1.54, 1.807) is 12.1 Å². The largest absolute Gasteiger partial charge is 0.508 e. The van der Waals surface area contributed by atoms with Crippen LogP contribution in [-0.2, 0) is 17.8 Å². The van der Waals surface area contributed by atoms with Crippen LogP contribution < -0.4 is 11.1 Å². The molecule has 0 saturated heterocycles. The van der Waals surface area contributed by atoms with Gasteiger partial charge in [-0.1, -0.05) is 30.3 Å². The number of amides is 1. The Labute approximate surface area is 111 Å². The van der Waals surface area contributed by atoms with Crippen LogP contribution in [0.25, 0.3) is 0 Å². The Balaban J connectivity index is 1.92. The third-order valence-electron chi connectivity index (χ3n) is 2.79. The SMILES string of the molecule is Nc1ccc(O)c(CNC(=O)Cc2ccccc2)c1. The number of benzene rings is 2. The molecule has 0 heterocycles. The average Bonchev–Trinajstić information content (AvgIpc) is 2.41. The summed E-state index contributed by atoms with van der Waals surface area (Å²) in [6.07, 6.45) is 0.323. The minimum absolute atomic E-state index is 0.0898. The van der Waals surface area contributed by atoms with Crippen LogP contribution in [0.5, 0.6) is 5.75 Å². The summed E-state index contributed by atoms with van der Waals surface area (Å²) in [5.74, 6) is 0.0437. The molecule has 98 valence electrons. The molecule has 4 N–H and O–H groups in total. The minimum atomic E-state index is -0.0898. The number of rotatable bonds is 4. The van der Waals surface area contributed by atoms with E-state index < -0.39 is 0 Å². The van der Waals surface area contributed by atoms with Crippen LogP contribution in [-0.4, -0.2) is 11.0 Å². The molecular formula is C15H16N2O2. The van der Waals surface area contributed by atoms with E-state index in [0.717, 1.165) is 5.56 Å². The first-order valence-corrected chi connectivity index (χ1v) is 6.03. The Morgan fingerprint density at radius 2 is 1.89 bits per heavy atom. The number of hydrogen-bond donors (Lipinski definition) is 3. The van der Waals surface area contributed by atoms with E-state index in [4.69, 9.17) is 5.73 Å². The monoisotopic (exact) mass is 256 g/mol. The van der Waals surface area contributed by atoms with Crippen molar-refractivity contribution in [2.24, 2.45) is 0 Å². The maximum atomic E-state index is 11.8. The maximum absolute atomic E-state index is 11.8. The van der Waals surface area contributed by atoms with E-state index in [9.17, 15) is 9.90 Å². The first kappa shape index (κ1) is 13.0. The fraction of sp³-hybridized carbons (Fsp3) is 0.133. The van der Waals surface area contributed by atoms with Crippen LogP contribution in [0.4, 0.5) is 5.69 Å². The third-order valence-corrected chi connectivity index (χ3v) is 2.79. The van der Waals surface area contributed by atoms with Crippen molar-refractivity contribution in [1.82, 2.24) is 5.32 Å². The molecule has 2 rings (SSSR count). The predicted octanol–water partition coefficient (Wildman–Crippen LogP) is 1.83. The Morgan fingerprint density at radius 3 is 2.63 bits per heavy atom. The lowest BCUT2D eigenvalue weighted by atomic mass is 10.1. The van der Waals surface area contributed by atoms with Crippen molar-refractivity contribution in [3.05, 3.63) is 59.7 Å². The van der Waals surface area contributed by atoms with Gasteiger partial charge in [-0.3, -0.25) is 4.79 Å². The van der Waals surface area contributed by atoms with E-state index in [0.29, 0.717) is 17.7 Å². The zero-order valence-corrected chi connectivity index (χ0v) is 10.5. The second-order valence-electron chi connectivity index (χ2n) is 4.33. The first-order chi connectivity index (χ1) is 9.15. The molecule has 4 nitrogen and oxygen atoms in total. The molecule has 0 bridgehead atoms. The summed E-state index contributed by atoms with van der Waals surface area (Å²) in [6.45, 7) is 0.266. The van der Waals surface area contributed by atoms with Crippen LogP contribution in [0, 0.1) is 0 Å². The van der Waals surface area contributed by atoms with Crippen molar-refractivity contribution in [3.63, 3.8) is 0 Å². The molecule has 0 saturated carbocycles. The summed E-state index contributed by atoms with van der Waals surface area (Å²) in [5.41, 5.74) is 7.76. The molecule has 4 heteroatoms. The van der Waals surface area contributed by atoms with Gasteiger partial charge in [0.15, 0.2) is 0 Å². The summed E-state index contributed by atoms with van der Waals surface area (Å²) >= 11 is 0. The minimum Gasteiger partial charge on any atom is -0.508 e. The molecule has 2 aromatic carbocycles. The molecule has 0 aliphatic rings. The van der Waals surface area contributed by atoms with Crippen LogP contribution in [0.3, 0.4) is 0 Å². The van der Waals surface area contributed by atoms with E-state index in [1.165, 1.54) is 6.07 Å². The molecule has 2 aromatic rings. The number of nitrogen functional groups attached to an aromatic ring is 1. The fourth-order valence-corrected chi connectivity index (χ4v) is 1.78. The molecule has 0 spiro atoms. The van der Waals surface area contributed by atoms with Crippen molar-refractivity contribution >= 4 is 11.6 Å². The quantitative estimate of drug-likeness (QED) is 0.577. The van der Waals surface area contributed by atoms with Gasteiger partial charge in [0.05, 0.1) is 6.42 Å². The van der Waals surface area contributed by atoms with Crippen LogP contribution in [0.2, 0.25) is 0 Å². The summed E-state index contributed by atoms with van der Waals surface area (Å²) in [6, 6.07) is 14.3. The summed E-state index contributed by atoms with van der Waals surface area (Å²) in [7, 11) is 0. The summed E-state index contributed by atoms with van der Waals surface area (Å²) < 4.78 is 0. The molecular weight excluding hydrogens is 240 g/mol. The van der Waals surface area contributed by atoms with Gasteiger partial charge < -0.3 is 16.2 Å². The van der Waals surface area contributed by atoms with Gasteiger partial charge in [0.2, 0.25) is 5.91 Å². The highest BCUT2D eigenvalue weighted by Crippen LogP contribution is 2.19. The number of phenolic OH excluding ortho intramolecular Hbond substituents is 1. The number of nitrogens with two attached hydrogens (primary N) is 1. The van der Waals surface area contributed by atoms with Crippen molar-refractivity contribution in [2.75, 3.05) is 5.73 Å². The van der Waals surface area contributed by atoms with E-state index in [1.807, 2.05) is 30.3 Å². The predicted molar refractivity (Wildman–Crippen MR) is 74.5 cm³/mol. The van der Waals surface area contributed by atoms with Crippen molar-refractivity contribution in [3.8, 4) is 5.75 Å². The number of aromatic hydroxyl groups is 1. The van der Waals surface area contributed by atoms with Crippen LogP contribution >= 0.6 is 0 Å². The third kappa shape index (κ3) is 3.74. The van der Waals surface area contributed by atoms with Crippen molar-refractivity contribution < 1.29 is 9.90 Å². The molecule has 0 unspecified atom stereocenters. The Morgan fingerprint density at radius 1 is 1.16 bits per heavy atom. The highest BCUT2D eigenvalue weighted by atomic mass is 16.3. The molecule has 0 radical (unpaired) electrons. The zero-order chi connectivity index (χ0) is 13.7. The molecule has 1 amide bonds. The number of carbonyl (C=O) groups excluding carboxylic acids is 1. The van der Waals surface area contributed by atoms with E-state index in [-0.39, 0.29) is 18.2 Å². The smallest absolute Gasteiger partial charge is 0.224 e. The molecule has 19 heavy (non-hydrogen) atoms. The van der Waals surface area contributed by atoms with Gasteiger partial charge in [-0.15, -0.1) is 0 Å². The maximum Gasteiger partial charge on any atom is 0.224 e. The van der Waals surface area contributed by atoms with Gasteiger partial charge in [0.1, 0.15) is 5.75 Å². The highest BCUT2D eigenvalue weighted by molar-refractivity contribution is 5.78. The van der Waals surface area contributed by atoms with Crippen LogP contribution in [0.1, 0.15) is 11.1 Å². The summed E-state index contributed by atoms with van der Waals surface area (Å²) in [5, 5.41) is 12.4. The Hall–Kier alpha value is -2.49. The van der Waals surface area contributed by atoms with Crippen LogP contribution in [0.15, 0.2) is 48.5 Å². The topological polar surface area (TPSA) is 75.3 Å². The second-order valence-corrected chi connectivity index (χ2v) is 4.33. The number of hydrogen-bond acceptors (Lipinski definition) is 3. The Kier molecular flexibility index (Phi) is 4.03. The fourth-order valence-electron chi connectivity index (χ4n) is 1.78. The highest BCUT2D eigenvalue weighted by Gasteiger charge is 2.05. The van der Waals surface area contributed by atoms with Gasteiger partial charge in [-0.05, 0) is 23.8 Å². The number of phenols is 1. The van der Waals surface area contributed by atoms with E-state index >= 15 is 0 Å². The molecule has 0 aliphatic heterocycles. The lowest BCUT2D eigenvalue weighted by Gasteiger charge is -2.08. The molecule has 0 aromatic heterocycles. The molecule has 0 aliphatic carbocycles. The number of anilines is 1. The Bertz CT molecular complexity index is 568. The van der Waals surface area contributed by atoms with Gasteiger partial charge in [-0.2, -0.15) is 0 Å².